The zero-order valence-electron chi connectivity index (χ0n) is 19.4. The van der Waals surface area contributed by atoms with Crippen LogP contribution in [0.15, 0.2) is 36.9 Å². The lowest BCUT2D eigenvalue weighted by atomic mass is 9.88. The molecule has 2 fully saturated rings. The zero-order valence-corrected chi connectivity index (χ0v) is 19.4. The van der Waals surface area contributed by atoms with Crippen LogP contribution in [0.25, 0.3) is 16.2 Å². The number of aryl methyl sites for hydroxylation is 1. The molecule has 3 aromatic rings. The van der Waals surface area contributed by atoms with Crippen molar-refractivity contribution in [1.29, 1.82) is 0 Å². The Morgan fingerprint density at radius 2 is 2.09 bits per heavy atom. The van der Waals surface area contributed by atoms with Gasteiger partial charge in [-0.05, 0) is 12.1 Å². The maximum absolute atomic E-state index is 13.0. The number of ether oxygens (including phenoxy) is 1. The number of methoxy groups -OCH3 is 1. The molecule has 35 heavy (non-hydrogen) atoms. The number of nitrogens with one attached hydrogen (secondary N) is 4. The molecular weight excluding hydrogens is 450 g/mol. The van der Waals surface area contributed by atoms with Crippen LogP contribution in [0.2, 0.25) is 0 Å². The molecule has 2 saturated heterocycles. The van der Waals surface area contributed by atoms with Crippen molar-refractivity contribution in [2.24, 2.45) is 13.0 Å². The molecule has 2 aliphatic heterocycles. The predicted octanol–water partition coefficient (Wildman–Crippen LogP) is 0.962. The first-order valence-electron chi connectivity index (χ1n) is 11.0. The van der Waals surface area contributed by atoms with Gasteiger partial charge in [0, 0.05) is 32.6 Å². The number of carbonyl (C=O) groups excluding carboxylic acids is 1. The van der Waals surface area contributed by atoms with Crippen LogP contribution in [-0.4, -0.2) is 68.2 Å². The number of hydrogen-bond donors (Lipinski definition) is 4. The Morgan fingerprint density at radius 1 is 1.23 bits per heavy atom. The highest BCUT2D eigenvalue weighted by Crippen LogP contribution is 2.37. The van der Waals surface area contributed by atoms with Gasteiger partial charge in [-0.3, -0.25) is 19.8 Å². The van der Waals surface area contributed by atoms with Gasteiger partial charge < -0.3 is 20.2 Å². The van der Waals surface area contributed by atoms with Gasteiger partial charge in [0.05, 0.1) is 36.6 Å². The minimum Gasteiger partial charge on any atom is -0.494 e. The SMILES string of the molecule is [C-]#[N+]c1cc(NC2CC(Nc3cccc(-c4ncn(C)n4)c3OC)C3C(=O)N(C)NC3N2)ncn1. The monoisotopic (exact) mass is 475 g/mol. The first-order valence-corrected chi connectivity index (χ1v) is 11.0. The summed E-state index contributed by atoms with van der Waals surface area (Å²) in [6, 6.07) is 7.06. The van der Waals surface area contributed by atoms with Crippen LogP contribution in [0.5, 0.6) is 5.75 Å². The summed E-state index contributed by atoms with van der Waals surface area (Å²) in [5.74, 6) is 1.56. The number of hydrogen-bond acceptors (Lipinski definition) is 10. The van der Waals surface area contributed by atoms with Crippen molar-refractivity contribution in [2.45, 2.75) is 24.8 Å². The number of carbonyl (C=O) groups is 1. The van der Waals surface area contributed by atoms with Crippen molar-refractivity contribution in [1.82, 2.24) is 40.5 Å². The molecule has 5 rings (SSSR count). The Balaban J connectivity index is 1.44. The summed E-state index contributed by atoms with van der Waals surface area (Å²) < 4.78 is 7.38. The molecule has 0 spiro atoms. The van der Waals surface area contributed by atoms with Crippen molar-refractivity contribution in [3.63, 3.8) is 0 Å². The lowest BCUT2D eigenvalue weighted by molar-refractivity contribution is -0.131. The largest absolute Gasteiger partial charge is 0.494 e. The number of benzene rings is 1. The number of nitrogens with zero attached hydrogens (tertiary/aromatic N) is 7. The summed E-state index contributed by atoms with van der Waals surface area (Å²) in [6.07, 6.45) is 3.00. The Hall–Kier alpha value is -4.28. The fourth-order valence-electron chi connectivity index (χ4n) is 4.57. The van der Waals surface area contributed by atoms with Crippen LogP contribution >= 0.6 is 0 Å². The average Bonchev–Trinajstić information content (AvgIpc) is 3.41. The van der Waals surface area contributed by atoms with Crippen LogP contribution in [0.1, 0.15) is 6.42 Å². The quantitative estimate of drug-likeness (QED) is 0.381. The van der Waals surface area contributed by atoms with E-state index < -0.39 is 0 Å². The Kier molecular flexibility index (Phi) is 5.89. The molecule has 1 amide bonds. The lowest BCUT2D eigenvalue weighted by Crippen LogP contribution is -2.60. The summed E-state index contributed by atoms with van der Waals surface area (Å²) >= 11 is 0. The molecule has 13 heteroatoms. The van der Waals surface area contributed by atoms with Gasteiger partial charge in [-0.2, -0.15) is 10.1 Å². The van der Waals surface area contributed by atoms with E-state index in [4.69, 9.17) is 11.3 Å². The Bertz CT molecular complexity index is 1290. The van der Waals surface area contributed by atoms with Crippen LogP contribution in [0.4, 0.5) is 17.3 Å². The van der Waals surface area contributed by atoms with E-state index in [-0.39, 0.29) is 36.0 Å². The molecule has 4 N–H and O–H groups in total. The second-order valence-corrected chi connectivity index (χ2v) is 8.38. The number of hydrazine groups is 1. The number of aromatic nitrogens is 5. The van der Waals surface area contributed by atoms with Crippen molar-refractivity contribution in [3.8, 4) is 17.1 Å². The molecule has 1 aromatic carbocycles. The van der Waals surface area contributed by atoms with Gasteiger partial charge in [-0.1, -0.05) is 12.6 Å². The van der Waals surface area contributed by atoms with Crippen LogP contribution < -0.4 is 26.1 Å². The third kappa shape index (κ3) is 4.32. The summed E-state index contributed by atoms with van der Waals surface area (Å²) in [4.78, 5) is 28.8. The first kappa shape index (κ1) is 22.5. The second kappa shape index (κ2) is 9.16. The van der Waals surface area contributed by atoms with Gasteiger partial charge in [0.1, 0.15) is 12.1 Å². The molecule has 2 aromatic heterocycles. The van der Waals surface area contributed by atoms with E-state index >= 15 is 0 Å². The minimum atomic E-state index is -0.358. The highest BCUT2D eigenvalue weighted by molar-refractivity contribution is 5.83. The van der Waals surface area contributed by atoms with Crippen molar-refractivity contribution >= 4 is 23.2 Å². The van der Waals surface area contributed by atoms with Gasteiger partial charge in [-0.15, -0.1) is 4.98 Å². The summed E-state index contributed by atoms with van der Waals surface area (Å²) in [5.41, 5.74) is 4.67. The minimum absolute atomic E-state index is 0.0164. The fourth-order valence-corrected chi connectivity index (χ4v) is 4.57. The topological polar surface area (TPSA) is 139 Å². The van der Waals surface area contributed by atoms with E-state index in [9.17, 15) is 4.79 Å². The number of piperidine rings is 1. The molecule has 2 aliphatic rings. The predicted molar refractivity (Wildman–Crippen MR) is 127 cm³/mol. The Labute approximate surface area is 201 Å². The van der Waals surface area contributed by atoms with E-state index in [1.807, 2.05) is 18.2 Å². The van der Waals surface area contributed by atoms with Crippen LogP contribution in [0.3, 0.4) is 0 Å². The van der Waals surface area contributed by atoms with Gasteiger partial charge in [0.15, 0.2) is 11.6 Å². The van der Waals surface area contributed by atoms with Gasteiger partial charge in [-0.25, -0.2) is 10.4 Å². The number of para-hydroxylation sites is 1. The normalized spacial score (nSPS) is 23.5. The van der Waals surface area contributed by atoms with Gasteiger partial charge >= 0.3 is 0 Å². The molecule has 0 radical (unpaired) electrons. The third-order valence-electron chi connectivity index (χ3n) is 6.10. The molecule has 0 aliphatic carbocycles. The van der Waals surface area contributed by atoms with E-state index in [1.54, 1.807) is 38.3 Å². The first-order chi connectivity index (χ1) is 17.0. The van der Waals surface area contributed by atoms with E-state index in [2.05, 4.69) is 46.3 Å². The number of amides is 1. The second-order valence-electron chi connectivity index (χ2n) is 8.38. The fraction of sp³-hybridized carbons (Fsp3) is 0.364. The highest BCUT2D eigenvalue weighted by Gasteiger charge is 2.48. The van der Waals surface area contributed by atoms with E-state index in [0.717, 1.165) is 11.3 Å². The summed E-state index contributed by atoms with van der Waals surface area (Å²) in [6.45, 7) is 7.18. The standard InChI is InChI=1S/C22H25N11O2/c1-23-15-9-16(25-10-24-15)28-17-8-14(18-21(29-17)31-33(3)22(18)34)27-13-7-5-6-12(19(13)35-4)20-26-11-32(2)30-20/h5-7,9-11,14,17-18,21,27,29,31H,8H2,2-4H3,(H,24,25,28). The lowest BCUT2D eigenvalue weighted by Gasteiger charge is -2.39. The molecule has 180 valence electrons. The molecule has 0 saturated carbocycles. The summed E-state index contributed by atoms with van der Waals surface area (Å²) in [5, 5.41) is 16.2. The molecule has 4 atom stereocenters. The maximum Gasteiger partial charge on any atom is 0.274 e. The van der Waals surface area contributed by atoms with Crippen LogP contribution in [0, 0.1) is 12.5 Å². The smallest absolute Gasteiger partial charge is 0.274 e. The molecule has 4 unspecified atom stereocenters. The number of rotatable bonds is 6. The highest BCUT2D eigenvalue weighted by atomic mass is 16.5. The Morgan fingerprint density at radius 3 is 2.83 bits per heavy atom. The van der Waals surface area contributed by atoms with E-state index in [0.29, 0.717) is 23.8 Å². The van der Waals surface area contributed by atoms with Gasteiger partial charge in [0.2, 0.25) is 12.2 Å². The maximum atomic E-state index is 13.0. The zero-order chi connectivity index (χ0) is 24.5. The van der Waals surface area contributed by atoms with E-state index in [1.165, 1.54) is 11.3 Å². The molecule has 13 nitrogen and oxygen atoms in total. The number of fused-ring (bicyclic) bond motifs is 1. The van der Waals surface area contributed by atoms with Crippen molar-refractivity contribution in [3.05, 3.63) is 48.3 Å². The summed E-state index contributed by atoms with van der Waals surface area (Å²) in [7, 11) is 5.12. The van der Waals surface area contributed by atoms with Gasteiger partial charge in [0.25, 0.3) is 5.82 Å². The molecule has 4 heterocycles. The molecular formula is C22H25N11O2. The van der Waals surface area contributed by atoms with Crippen molar-refractivity contribution < 1.29 is 9.53 Å². The average molecular weight is 476 g/mol. The van der Waals surface area contributed by atoms with Crippen molar-refractivity contribution in [2.75, 3.05) is 24.8 Å². The molecule has 0 bridgehead atoms. The van der Waals surface area contributed by atoms with Crippen LogP contribution in [-0.2, 0) is 11.8 Å². The number of anilines is 2. The third-order valence-corrected chi connectivity index (χ3v) is 6.10.